The highest BCUT2D eigenvalue weighted by molar-refractivity contribution is 6.12. The van der Waals surface area contributed by atoms with Gasteiger partial charge in [0.1, 0.15) is 6.04 Å². The highest BCUT2D eigenvalue weighted by Gasteiger charge is 2.64. The van der Waals surface area contributed by atoms with Gasteiger partial charge in [-0.3, -0.25) is 19.3 Å². The zero-order valence-corrected chi connectivity index (χ0v) is 19.2. The van der Waals surface area contributed by atoms with Gasteiger partial charge in [0.05, 0.1) is 24.4 Å². The highest BCUT2D eigenvalue weighted by Crippen LogP contribution is 2.53. The molecule has 0 N–H and O–H groups in total. The second-order valence-electron chi connectivity index (χ2n) is 9.51. The van der Waals surface area contributed by atoms with Crippen molar-refractivity contribution in [3.63, 3.8) is 0 Å². The largest absolute Gasteiger partial charge is 0.454 e. The maximum Gasteiger partial charge on any atom is 0.236 e. The highest BCUT2D eigenvalue weighted by atomic mass is 16.7. The van der Waals surface area contributed by atoms with Gasteiger partial charge in [0, 0.05) is 11.8 Å². The predicted molar refractivity (Wildman–Crippen MR) is 130 cm³/mol. The van der Waals surface area contributed by atoms with E-state index in [2.05, 4.69) is 0 Å². The molecule has 36 heavy (non-hydrogen) atoms. The number of imide groups is 1. The number of Topliss-reactive ketones (excluding diaryl/α,β-unsaturated/α-hetero) is 1. The number of carbonyl (C=O) groups excluding carboxylic acids is 3. The van der Waals surface area contributed by atoms with Crippen molar-refractivity contribution in [2.24, 2.45) is 11.8 Å². The van der Waals surface area contributed by atoms with Crippen LogP contribution in [0.2, 0.25) is 0 Å². The molecule has 178 valence electrons. The lowest BCUT2D eigenvalue weighted by Gasteiger charge is -2.35. The minimum Gasteiger partial charge on any atom is -0.454 e. The number of amides is 2. The summed E-state index contributed by atoms with van der Waals surface area (Å²) in [5.41, 5.74) is 3.26. The average Bonchev–Trinajstić information content (AvgIpc) is 3.59. The van der Waals surface area contributed by atoms with Crippen molar-refractivity contribution in [1.82, 2.24) is 9.80 Å². The summed E-state index contributed by atoms with van der Waals surface area (Å²) in [7, 11) is 0. The molecule has 7 nitrogen and oxygen atoms in total. The van der Waals surface area contributed by atoms with Crippen molar-refractivity contribution in [3.8, 4) is 11.5 Å². The Bertz CT molecular complexity index is 1450. The Morgan fingerprint density at radius 1 is 0.861 bits per heavy atom. The predicted octanol–water partition coefficient (Wildman–Crippen LogP) is 3.81. The number of likely N-dealkylation sites (tertiary alicyclic amines) is 1. The second-order valence-corrected chi connectivity index (χ2v) is 9.51. The van der Waals surface area contributed by atoms with Gasteiger partial charge in [-0.25, -0.2) is 0 Å². The smallest absolute Gasteiger partial charge is 0.236 e. The quantitative estimate of drug-likeness (QED) is 0.419. The van der Waals surface area contributed by atoms with E-state index >= 15 is 0 Å². The second kappa shape index (κ2) is 7.81. The first-order valence-electron chi connectivity index (χ1n) is 12.0. The summed E-state index contributed by atoms with van der Waals surface area (Å²) in [6.45, 7) is 0.274. The van der Waals surface area contributed by atoms with Gasteiger partial charge in [-0.05, 0) is 34.9 Å². The number of hydrogen-bond acceptors (Lipinski definition) is 6. The normalized spacial score (nSPS) is 25.1. The topological polar surface area (TPSA) is 76.1 Å². The lowest BCUT2D eigenvalue weighted by Crippen LogP contribution is -2.44. The van der Waals surface area contributed by atoms with Gasteiger partial charge in [0.25, 0.3) is 0 Å². The standard InChI is InChI=1S/C29H22N2O5/c32-27(19-7-2-1-3-8-19)26-24-23(25-20-9-5-4-6-18(20)12-13-30(25)26)28(33)31(29(24)34)15-17-10-11-21-22(14-17)36-16-35-21/h1-14,23-26H,15-16H2/t23-,24-,25+,26+/m0/s1. The fourth-order valence-electron chi connectivity index (χ4n) is 6.07. The van der Waals surface area contributed by atoms with Crippen LogP contribution < -0.4 is 9.47 Å². The molecule has 4 aliphatic rings. The Morgan fingerprint density at radius 2 is 1.61 bits per heavy atom. The molecule has 2 amide bonds. The first-order chi connectivity index (χ1) is 17.6. The number of ether oxygens (including phenoxy) is 2. The maximum absolute atomic E-state index is 13.9. The molecule has 0 unspecified atom stereocenters. The van der Waals surface area contributed by atoms with Crippen LogP contribution >= 0.6 is 0 Å². The van der Waals surface area contributed by atoms with Gasteiger partial charge in [-0.15, -0.1) is 0 Å². The molecule has 0 bridgehead atoms. The summed E-state index contributed by atoms with van der Waals surface area (Å²) in [6.07, 6.45) is 3.83. The van der Waals surface area contributed by atoms with E-state index in [1.807, 2.05) is 65.7 Å². The van der Waals surface area contributed by atoms with Crippen molar-refractivity contribution in [3.05, 3.63) is 101 Å². The van der Waals surface area contributed by atoms with Gasteiger partial charge < -0.3 is 14.4 Å². The number of rotatable bonds is 4. The van der Waals surface area contributed by atoms with Gasteiger partial charge in [0.15, 0.2) is 17.3 Å². The number of benzene rings is 3. The van der Waals surface area contributed by atoms with Crippen LogP contribution in [-0.4, -0.2) is 40.2 Å². The number of hydrogen-bond donors (Lipinski definition) is 0. The van der Waals surface area contributed by atoms with E-state index in [-0.39, 0.29) is 37.0 Å². The van der Waals surface area contributed by atoms with E-state index in [1.54, 1.807) is 24.3 Å². The van der Waals surface area contributed by atoms with Gasteiger partial charge in [-0.2, -0.15) is 0 Å². The van der Waals surface area contributed by atoms with Crippen LogP contribution in [0.4, 0.5) is 0 Å². The van der Waals surface area contributed by atoms with E-state index in [4.69, 9.17) is 9.47 Å². The van der Waals surface area contributed by atoms with Crippen molar-refractivity contribution in [2.45, 2.75) is 18.6 Å². The average molecular weight is 479 g/mol. The summed E-state index contributed by atoms with van der Waals surface area (Å²) in [5, 5.41) is 0. The fourth-order valence-corrected chi connectivity index (χ4v) is 6.07. The maximum atomic E-state index is 13.9. The molecule has 7 rings (SSSR count). The Balaban J connectivity index is 1.30. The zero-order valence-electron chi connectivity index (χ0n) is 19.2. The van der Waals surface area contributed by atoms with E-state index in [1.165, 1.54) is 4.90 Å². The Labute approximate surface area is 207 Å². The van der Waals surface area contributed by atoms with Crippen molar-refractivity contribution >= 4 is 23.7 Å². The minimum atomic E-state index is -0.764. The molecular weight excluding hydrogens is 456 g/mol. The van der Waals surface area contributed by atoms with Crippen LogP contribution in [0.1, 0.15) is 33.1 Å². The van der Waals surface area contributed by atoms with E-state index in [0.29, 0.717) is 17.1 Å². The molecule has 0 spiro atoms. The molecule has 3 aromatic carbocycles. The third-order valence-electron chi connectivity index (χ3n) is 7.66. The van der Waals surface area contributed by atoms with Crippen molar-refractivity contribution < 1.29 is 23.9 Å². The fraction of sp³-hybridized carbons (Fsp3) is 0.207. The number of ketones is 1. The Morgan fingerprint density at radius 3 is 2.47 bits per heavy atom. The van der Waals surface area contributed by atoms with Crippen LogP contribution in [0.15, 0.2) is 79.0 Å². The first kappa shape index (κ1) is 20.9. The summed E-state index contributed by atoms with van der Waals surface area (Å²) < 4.78 is 10.9. The summed E-state index contributed by atoms with van der Waals surface area (Å²) in [6, 6.07) is 21.1. The van der Waals surface area contributed by atoms with Gasteiger partial charge >= 0.3 is 0 Å². The molecule has 3 aromatic rings. The molecular formula is C29H22N2O5. The molecule has 0 aliphatic carbocycles. The summed E-state index contributed by atoms with van der Waals surface area (Å²) in [5.74, 6) is -0.868. The minimum absolute atomic E-state index is 0.123. The lowest BCUT2D eigenvalue weighted by molar-refractivity contribution is -0.142. The lowest BCUT2D eigenvalue weighted by atomic mass is 9.83. The number of nitrogens with zero attached hydrogens (tertiary/aromatic N) is 2. The van der Waals surface area contributed by atoms with E-state index in [0.717, 1.165) is 16.7 Å². The SMILES string of the molecule is O=C(c1ccccc1)[C@H]1[C@H]2C(=O)N(Cc3ccc4c(c3)OCO4)C(=O)[C@@H]2[C@H]2c3ccccc3C=CN21. The summed E-state index contributed by atoms with van der Waals surface area (Å²) in [4.78, 5) is 44.8. The monoisotopic (exact) mass is 478 g/mol. The molecule has 2 fully saturated rings. The first-order valence-corrected chi connectivity index (χ1v) is 12.0. The summed E-state index contributed by atoms with van der Waals surface area (Å²) >= 11 is 0. The molecule has 7 heteroatoms. The molecule has 4 heterocycles. The van der Waals surface area contributed by atoms with Crippen LogP contribution in [0, 0.1) is 11.8 Å². The molecule has 0 saturated carbocycles. The molecule has 4 atom stereocenters. The molecule has 0 aromatic heterocycles. The number of fused-ring (bicyclic) bond motifs is 6. The van der Waals surface area contributed by atoms with Crippen LogP contribution in [-0.2, 0) is 16.1 Å². The van der Waals surface area contributed by atoms with Crippen LogP contribution in [0.5, 0.6) is 11.5 Å². The van der Waals surface area contributed by atoms with Crippen LogP contribution in [0.25, 0.3) is 6.08 Å². The third-order valence-corrected chi connectivity index (χ3v) is 7.66. The van der Waals surface area contributed by atoms with E-state index < -0.39 is 17.9 Å². The Hall–Kier alpha value is -4.39. The molecule has 2 saturated heterocycles. The third kappa shape index (κ3) is 2.95. The van der Waals surface area contributed by atoms with Crippen molar-refractivity contribution in [2.75, 3.05) is 6.79 Å². The Kier molecular flexibility index (Phi) is 4.54. The molecule has 4 aliphatic heterocycles. The van der Waals surface area contributed by atoms with Crippen molar-refractivity contribution in [1.29, 1.82) is 0 Å². The van der Waals surface area contributed by atoms with Crippen LogP contribution in [0.3, 0.4) is 0 Å². The number of carbonyl (C=O) groups is 3. The zero-order chi connectivity index (χ0) is 24.4. The van der Waals surface area contributed by atoms with Gasteiger partial charge in [-0.1, -0.05) is 60.7 Å². The van der Waals surface area contributed by atoms with Gasteiger partial charge in [0.2, 0.25) is 18.6 Å². The molecule has 0 radical (unpaired) electrons. The van der Waals surface area contributed by atoms with E-state index in [9.17, 15) is 14.4 Å².